The Morgan fingerprint density at radius 3 is 2.64 bits per heavy atom. The van der Waals surface area contributed by atoms with E-state index in [2.05, 4.69) is 5.32 Å². The molecule has 2 rings (SSSR count). The molecule has 5 nitrogen and oxygen atoms in total. The highest BCUT2D eigenvalue weighted by Gasteiger charge is 2.14. The molecule has 2 aromatic carbocycles. The molecule has 0 fully saturated rings. The number of carboxylic acid groups (broad SMARTS) is 1. The van der Waals surface area contributed by atoms with Crippen molar-refractivity contribution in [3.63, 3.8) is 0 Å². The lowest BCUT2D eigenvalue weighted by atomic mass is 10.0. The molecule has 0 saturated heterocycles. The van der Waals surface area contributed by atoms with E-state index >= 15 is 0 Å². The molecule has 0 saturated carbocycles. The predicted octanol–water partition coefficient (Wildman–Crippen LogP) is 3.90. The van der Waals surface area contributed by atoms with Crippen LogP contribution in [0.5, 0.6) is 5.75 Å². The van der Waals surface area contributed by atoms with Gasteiger partial charge in [-0.1, -0.05) is 24.3 Å². The number of rotatable bonds is 7. The molecule has 132 valence electrons. The maximum Gasteiger partial charge on any atom is 0.310 e. The average molecular weight is 341 g/mol. The topological polar surface area (TPSA) is 75.6 Å². The fourth-order valence-corrected chi connectivity index (χ4v) is 2.37. The Bertz CT molecular complexity index is 770. The Hall–Kier alpha value is -2.82. The number of hydrogen-bond acceptors (Lipinski definition) is 3. The zero-order valence-corrected chi connectivity index (χ0v) is 14.7. The van der Waals surface area contributed by atoms with Gasteiger partial charge in [-0.15, -0.1) is 0 Å². The van der Waals surface area contributed by atoms with E-state index in [1.807, 2.05) is 32.0 Å². The quantitative estimate of drug-likeness (QED) is 0.801. The summed E-state index contributed by atoms with van der Waals surface area (Å²) in [6, 6.07) is 12.8. The summed E-state index contributed by atoms with van der Waals surface area (Å²) in [7, 11) is 0. The molecule has 0 radical (unpaired) electrons. The summed E-state index contributed by atoms with van der Waals surface area (Å²) < 4.78 is 5.68. The molecule has 0 aliphatic carbocycles. The van der Waals surface area contributed by atoms with Gasteiger partial charge in [0, 0.05) is 5.69 Å². The largest absolute Gasteiger partial charge is 0.493 e. The smallest absolute Gasteiger partial charge is 0.310 e. The standard InChI is InChI=1S/C20H23NO4/c1-13-7-8-14(2)18(11-13)25-10-9-19(22)21-17-6-4-5-16(12-17)15(3)20(23)24/h4-8,11-12,15H,9-10H2,1-3H3,(H,21,22)(H,23,24). The molecule has 0 heterocycles. The van der Waals surface area contributed by atoms with Crippen molar-refractivity contribution in [3.05, 3.63) is 59.2 Å². The summed E-state index contributed by atoms with van der Waals surface area (Å²) in [5.74, 6) is -0.912. The number of anilines is 1. The summed E-state index contributed by atoms with van der Waals surface area (Å²) >= 11 is 0. The first kappa shape index (κ1) is 18.5. The van der Waals surface area contributed by atoms with Gasteiger partial charge >= 0.3 is 5.97 Å². The summed E-state index contributed by atoms with van der Waals surface area (Å²) in [5, 5.41) is 11.8. The van der Waals surface area contributed by atoms with Crippen LogP contribution in [0.2, 0.25) is 0 Å². The number of aryl methyl sites for hydroxylation is 2. The van der Waals surface area contributed by atoms with Crippen LogP contribution in [0.15, 0.2) is 42.5 Å². The van der Waals surface area contributed by atoms with Gasteiger partial charge in [0.25, 0.3) is 0 Å². The van der Waals surface area contributed by atoms with E-state index in [0.29, 0.717) is 11.3 Å². The average Bonchev–Trinajstić information content (AvgIpc) is 2.57. The van der Waals surface area contributed by atoms with E-state index < -0.39 is 11.9 Å². The van der Waals surface area contributed by atoms with Crippen LogP contribution < -0.4 is 10.1 Å². The molecule has 2 N–H and O–H groups in total. The van der Waals surface area contributed by atoms with Crippen LogP contribution in [0.1, 0.15) is 36.0 Å². The maximum atomic E-state index is 12.1. The maximum absolute atomic E-state index is 12.1. The predicted molar refractivity (Wildman–Crippen MR) is 97.2 cm³/mol. The number of hydrogen-bond donors (Lipinski definition) is 2. The second-order valence-corrected chi connectivity index (χ2v) is 6.10. The lowest BCUT2D eigenvalue weighted by Crippen LogP contribution is -2.16. The molecule has 0 spiro atoms. The zero-order chi connectivity index (χ0) is 18.4. The Balaban J connectivity index is 1.89. The van der Waals surface area contributed by atoms with E-state index in [-0.39, 0.29) is 18.9 Å². The first-order valence-electron chi connectivity index (χ1n) is 8.19. The van der Waals surface area contributed by atoms with E-state index in [1.165, 1.54) is 0 Å². The summed E-state index contributed by atoms with van der Waals surface area (Å²) in [5.41, 5.74) is 3.37. The number of ether oxygens (including phenoxy) is 1. The molecule has 0 aromatic heterocycles. The molecule has 1 amide bonds. The highest BCUT2D eigenvalue weighted by Crippen LogP contribution is 2.21. The van der Waals surface area contributed by atoms with Crippen molar-refractivity contribution in [3.8, 4) is 5.75 Å². The minimum Gasteiger partial charge on any atom is -0.493 e. The van der Waals surface area contributed by atoms with Crippen molar-refractivity contribution in [1.82, 2.24) is 0 Å². The first-order chi connectivity index (χ1) is 11.9. The first-order valence-corrected chi connectivity index (χ1v) is 8.19. The molecule has 0 aliphatic heterocycles. The number of carbonyl (C=O) groups is 2. The second kappa shape index (κ2) is 8.33. The van der Waals surface area contributed by atoms with Crippen molar-refractivity contribution in [2.75, 3.05) is 11.9 Å². The summed E-state index contributed by atoms with van der Waals surface area (Å²) in [6.45, 7) is 5.84. The molecule has 1 unspecified atom stereocenters. The van der Waals surface area contributed by atoms with Gasteiger partial charge in [0.1, 0.15) is 5.75 Å². The van der Waals surface area contributed by atoms with Crippen LogP contribution in [0.3, 0.4) is 0 Å². The number of benzene rings is 2. The zero-order valence-electron chi connectivity index (χ0n) is 14.7. The Kier molecular flexibility index (Phi) is 6.17. The van der Waals surface area contributed by atoms with Gasteiger partial charge in [0.15, 0.2) is 0 Å². The summed E-state index contributed by atoms with van der Waals surface area (Å²) in [4.78, 5) is 23.1. The van der Waals surface area contributed by atoms with Gasteiger partial charge in [-0.25, -0.2) is 0 Å². The van der Waals surface area contributed by atoms with E-state index in [0.717, 1.165) is 16.9 Å². The fraction of sp³-hybridized carbons (Fsp3) is 0.300. The van der Waals surface area contributed by atoms with Crippen molar-refractivity contribution in [1.29, 1.82) is 0 Å². The number of aliphatic carboxylic acids is 1. The highest BCUT2D eigenvalue weighted by molar-refractivity contribution is 5.91. The van der Waals surface area contributed by atoms with Crippen molar-refractivity contribution < 1.29 is 19.4 Å². The van der Waals surface area contributed by atoms with Crippen LogP contribution >= 0.6 is 0 Å². The third-order valence-corrected chi connectivity index (χ3v) is 3.97. The van der Waals surface area contributed by atoms with Gasteiger partial charge < -0.3 is 15.2 Å². The molecular weight excluding hydrogens is 318 g/mol. The SMILES string of the molecule is Cc1ccc(C)c(OCCC(=O)Nc2cccc(C(C)C(=O)O)c2)c1. The summed E-state index contributed by atoms with van der Waals surface area (Å²) in [6.07, 6.45) is 0.214. The van der Waals surface area contributed by atoms with Crippen LogP contribution in [0.25, 0.3) is 0 Å². The highest BCUT2D eigenvalue weighted by atomic mass is 16.5. The Morgan fingerprint density at radius 1 is 1.16 bits per heavy atom. The molecule has 5 heteroatoms. The van der Waals surface area contributed by atoms with E-state index in [4.69, 9.17) is 9.84 Å². The van der Waals surface area contributed by atoms with Crippen LogP contribution in [0.4, 0.5) is 5.69 Å². The van der Waals surface area contributed by atoms with E-state index in [1.54, 1.807) is 31.2 Å². The van der Waals surface area contributed by atoms with Gasteiger partial charge in [-0.2, -0.15) is 0 Å². The van der Waals surface area contributed by atoms with Crippen molar-refractivity contribution >= 4 is 17.6 Å². The lowest BCUT2D eigenvalue weighted by Gasteiger charge is -2.11. The van der Waals surface area contributed by atoms with Crippen LogP contribution in [-0.4, -0.2) is 23.6 Å². The number of nitrogens with one attached hydrogen (secondary N) is 1. The number of carboxylic acids is 1. The normalized spacial score (nSPS) is 11.6. The minimum atomic E-state index is -0.898. The third kappa shape index (κ3) is 5.35. The molecule has 1 atom stereocenters. The minimum absolute atomic E-state index is 0.176. The van der Waals surface area contributed by atoms with Crippen LogP contribution in [0, 0.1) is 13.8 Å². The van der Waals surface area contributed by atoms with Gasteiger partial charge in [0.05, 0.1) is 18.9 Å². The van der Waals surface area contributed by atoms with E-state index in [9.17, 15) is 9.59 Å². The lowest BCUT2D eigenvalue weighted by molar-refractivity contribution is -0.138. The van der Waals surface area contributed by atoms with Crippen molar-refractivity contribution in [2.45, 2.75) is 33.1 Å². The Morgan fingerprint density at radius 2 is 1.92 bits per heavy atom. The van der Waals surface area contributed by atoms with Crippen LogP contribution in [-0.2, 0) is 9.59 Å². The molecular formula is C20H23NO4. The Labute approximate surface area is 147 Å². The monoisotopic (exact) mass is 341 g/mol. The molecule has 0 bridgehead atoms. The fourth-order valence-electron chi connectivity index (χ4n) is 2.37. The molecule has 2 aromatic rings. The second-order valence-electron chi connectivity index (χ2n) is 6.10. The molecule has 0 aliphatic rings. The van der Waals surface area contributed by atoms with Crippen molar-refractivity contribution in [2.24, 2.45) is 0 Å². The van der Waals surface area contributed by atoms with Gasteiger partial charge in [0.2, 0.25) is 5.91 Å². The molecule has 25 heavy (non-hydrogen) atoms. The number of amides is 1. The number of carbonyl (C=O) groups excluding carboxylic acids is 1. The van der Waals surface area contributed by atoms with Gasteiger partial charge in [-0.3, -0.25) is 9.59 Å². The van der Waals surface area contributed by atoms with Gasteiger partial charge in [-0.05, 0) is 55.7 Å². The third-order valence-electron chi connectivity index (χ3n) is 3.97.